The minimum atomic E-state index is 0.228. The Morgan fingerprint density at radius 3 is 3.19 bits per heavy atom. The smallest absolute Gasteiger partial charge is 0.254 e. The quantitative estimate of drug-likeness (QED) is 0.893. The van der Waals surface area contributed by atoms with Gasteiger partial charge in [-0.1, -0.05) is 0 Å². The zero-order valence-electron chi connectivity index (χ0n) is 12.2. The molecule has 3 heterocycles. The molecule has 0 spiro atoms. The van der Waals surface area contributed by atoms with Gasteiger partial charge in [-0.25, -0.2) is 4.98 Å². The van der Waals surface area contributed by atoms with Gasteiger partial charge in [0.2, 0.25) is 0 Å². The first kappa shape index (κ1) is 13.0. The lowest BCUT2D eigenvalue weighted by Gasteiger charge is -2.33. The Bertz CT molecular complexity index is 637. The van der Waals surface area contributed by atoms with Gasteiger partial charge < -0.3 is 10.1 Å². The molecule has 0 radical (unpaired) electrons. The Balaban J connectivity index is 1.44. The molecule has 1 atom stereocenters. The van der Waals surface area contributed by atoms with E-state index >= 15 is 0 Å². The molecule has 1 saturated heterocycles. The topological polar surface area (TPSA) is 67.6 Å². The first-order chi connectivity index (χ1) is 10.3. The summed E-state index contributed by atoms with van der Waals surface area (Å²) in [6.45, 7) is 5.66. The van der Waals surface area contributed by atoms with Crippen LogP contribution in [0.2, 0.25) is 0 Å². The molecule has 4 rings (SSSR count). The summed E-state index contributed by atoms with van der Waals surface area (Å²) in [5, 5.41) is 7.64. The highest BCUT2D eigenvalue weighted by molar-refractivity contribution is 5.44. The second-order valence-corrected chi connectivity index (χ2v) is 5.85. The number of nitrogens with zero attached hydrogens (tertiary/aromatic N) is 5. The summed E-state index contributed by atoms with van der Waals surface area (Å²) in [4.78, 5) is 11.0. The van der Waals surface area contributed by atoms with Crippen LogP contribution in [0.5, 0.6) is 0 Å². The predicted octanol–water partition coefficient (Wildman–Crippen LogP) is 0.708. The summed E-state index contributed by atoms with van der Waals surface area (Å²) in [6, 6.07) is 2.80. The van der Waals surface area contributed by atoms with Crippen LogP contribution in [0.25, 0.3) is 5.78 Å². The van der Waals surface area contributed by atoms with Crippen LogP contribution in [0.3, 0.4) is 0 Å². The van der Waals surface area contributed by atoms with Crippen molar-refractivity contribution in [1.82, 2.24) is 24.5 Å². The highest BCUT2D eigenvalue weighted by Crippen LogP contribution is 2.28. The number of fused-ring (bicyclic) bond motifs is 1. The van der Waals surface area contributed by atoms with Gasteiger partial charge in [-0.05, 0) is 19.8 Å². The number of nitrogens with one attached hydrogen (secondary N) is 1. The number of hydrogen-bond donors (Lipinski definition) is 1. The fraction of sp³-hybridized carbons (Fsp3) is 0.643. The van der Waals surface area contributed by atoms with E-state index in [-0.39, 0.29) is 6.10 Å². The molecule has 7 nitrogen and oxygen atoms in total. The molecule has 0 bridgehead atoms. The van der Waals surface area contributed by atoms with Crippen molar-refractivity contribution in [2.45, 2.75) is 31.9 Å². The molecular weight excluding hydrogens is 268 g/mol. The number of anilines is 1. The summed E-state index contributed by atoms with van der Waals surface area (Å²) >= 11 is 0. The molecule has 21 heavy (non-hydrogen) atoms. The summed E-state index contributed by atoms with van der Waals surface area (Å²) in [7, 11) is 0. The molecule has 7 heteroatoms. The third-order valence-corrected chi connectivity index (χ3v) is 4.12. The fourth-order valence-corrected chi connectivity index (χ4v) is 2.91. The SMILES string of the molecule is Cc1cc(NC[C@@H]2CN(C3CC3)CCO2)n2ncnc2n1. The average Bonchev–Trinajstić information content (AvgIpc) is 3.24. The van der Waals surface area contributed by atoms with Gasteiger partial charge in [0.15, 0.2) is 0 Å². The van der Waals surface area contributed by atoms with Crippen molar-refractivity contribution in [3.8, 4) is 0 Å². The standard InChI is InChI=1S/C14H20N6O/c1-10-6-13(20-14(18-10)16-9-17-20)15-7-12-8-19(4-5-21-12)11-2-3-11/h6,9,11-12,15H,2-5,7-8H2,1H3/t12-/m1/s1. The fourth-order valence-electron chi connectivity index (χ4n) is 2.91. The van der Waals surface area contributed by atoms with E-state index in [1.807, 2.05) is 13.0 Å². The largest absolute Gasteiger partial charge is 0.374 e. The summed E-state index contributed by atoms with van der Waals surface area (Å²) in [5.41, 5.74) is 0.933. The van der Waals surface area contributed by atoms with E-state index in [2.05, 4.69) is 25.3 Å². The number of aromatic nitrogens is 4. The Morgan fingerprint density at radius 1 is 1.43 bits per heavy atom. The van der Waals surface area contributed by atoms with E-state index in [9.17, 15) is 0 Å². The van der Waals surface area contributed by atoms with Gasteiger partial charge in [0.1, 0.15) is 12.1 Å². The number of hydrogen-bond acceptors (Lipinski definition) is 6. The molecule has 2 aromatic rings. The van der Waals surface area contributed by atoms with E-state index in [4.69, 9.17) is 4.74 Å². The van der Waals surface area contributed by atoms with Gasteiger partial charge in [0.05, 0.1) is 12.7 Å². The van der Waals surface area contributed by atoms with Gasteiger partial charge in [-0.3, -0.25) is 4.90 Å². The van der Waals surface area contributed by atoms with Crippen molar-refractivity contribution < 1.29 is 4.74 Å². The Morgan fingerprint density at radius 2 is 2.33 bits per heavy atom. The zero-order valence-corrected chi connectivity index (χ0v) is 12.2. The van der Waals surface area contributed by atoms with E-state index in [0.29, 0.717) is 5.78 Å². The second-order valence-electron chi connectivity index (χ2n) is 5.85. The van der Waals surface area contributed by atoms with Crippen LogP contribution in [0, 0.1) is 6.92 Å². The molecule has 1 aliphatic heterocycles. The van der Waals surface area contributed by atoms with Crippen molar-refractivity contribution in [2.24, 2.45) is 0 Å². The third kappa shape index (κ3) is 2.71. The number of rotatable bonds is 4. The lowest BCUT2D eigenvalue weighted by molar-refractivity contribution is -0.0241. The van der Waals surface area contributed by atoms with Gasteiger partial charge in [0, 0.05) is 37.4 Å². The summed E-state index contributed by atoms with van der Waals surface area (Å²) in [6.07, 6.45) is 4.46. The molecular formula is C14H20N6O. The molecule has 1 aliphatic carbocycles. The van der Waals surface area contributed by atoms with Crippen molar-refractivity contribution in [3.63, 3.8) is 0 Å². The van der Waals surface area contributed by atoms with Crippen molar-refractivity contribution in [1.29, 1.82) is 0 Å². The lowest BCUT2D eigenvalue weighted by atomic mass is 10.2. The minimum Gasteiger partial charge on any atom is -0.374 e. The monoisotopic (exact) mass is 288 g/mol. The molecule has 112 valence electrons. The average molecular weight is 288 g/mol. The minimum absolute atomic E-state index is 0.228. The molecule has 0 unspecified atom stereocenters. The highest BCUT2D eigenvalue weighted by atomic mass is 16.5. The molecule has 1 N–H and O–H groups in total. The van der Waals surface area contributed by atoms with Gasteiger partial charge in [-0.15, -0.1) is 0 Å². The molecule has 0 aromatic carbocycles. The third-order valence-electron chi connectivity index (χ3n) is 4.12. The van der Waals surface area contributed by atoms with Crippen molar-refractivity contribution in [2.75, 3.05) is 31.6 Å². The molecule has 2 aromatic heterocycles. The molecule has 2 fully saturated rings. The van der Waals surface area contributed by atoms with Crippen LogP contribution >= 0.6 is 0 Å². The van der Waals surface area contributed by atoms with Crippen LogP contribution in [0.1, 0.15) is 18.5 Å². The molecule has 0 amide bonds. The van der Waals surface area contributed by atoms with E-state index in [1.54, 1.807) is 4.52 Å². The molecule has 1 saturated carbocycles. The summed E-state index contributed by atoms with van der Waals surface area (Å²) in [5.74, 6) is 1.55. The van der Waals surface area contributed by atoms with Crippen molar-refractivity contribution >= 4 is 11.6 Å². The number of ether oxygens (including phenoxy) is 1. The molecule has 2 aliphatic rings. The lowest BCUT2D eigenvalue weighted by Crippen LogP contribution is -2.46. The maximum Gasteiger partial charge on any atom is 0.254 e. The zero-order chi connectivity index (χ0) is 14.2. The maximum absolute atomic E-state index is 5.87. The van der Waals surface area contributed by atoms with Crippen molar-refractivity contribution in [3.05, 3.63) is 18.1 Å². The van der Waals surface area contributed by atoms with Crippen LogP contribution in [-0.4, -0.2) is 62.9 Å². The Labute approximate surface area is 123 Å². The second kappa shape index (κ2) is 5.23. The van der Waals surface area contributed by atoms with Crippen LogP contribution in [-0.2, 0) is 4.74 Å². The van der Waals surface area contributed by atoms with Crippen LogP contribution in [0.4, 0.5) is 5.82 Å². The Hall–Kier alpha value is -1.73. The normalized spacial score (nSPS) is 23.6. The Kier molecular flexibility index (Phi) is 3.23. The first-order valence-electron chi connectivity index (χ1n) is 7.56. The van der Waals surface area contributed by atoms with Crippen LogP contribution < -0.4 is 5.32 Å². The number of aryl methyl sites for hydroxylation is 1. The van der Waals surface area contributed by atoms with Gasteiger partial charge in [-0.2, -0.15) is 14.6 Å². The van der Waals surface area contributed by atoms with E-state index < -0.39 is 0 Å². The number of morpholine rings is 1. The van der Waals surface area contributed by atoms with Gasteiger partial charge >= 0.3 is 0 Å². The highest BCUT2D eigenvalue weighted by Gasteiger charge is 2.32. The van der Waals surface area contributed by atoms with Crippen LogP contribution in [0.15, 0.2) is 12.4 Å². The van der Waals surface area contributed by atoms with Gasteiger partial charge in [0.25, 0.3) is 5.78 Å². The van der Waals surface area contributed by atoms with E-state index in [1.165, 1.54) is 19.2 Å². The van der Waals surface area contributed by atoms with E-state index in [0.717, 1.165) is 43.8 Å². The maximum atomic E-state index is 5.87. The predicted molar refractivity (Wildman–Crippen MR) is 78.3 cm³/mol. The summed E-state index contributed by atoms with van der Waals surface area (Å²) < 4.78 is 7.60. The first-order valence-corrected chi connectivity index (χ1v) is 7.56.